The van der Waals surface area contributed by atoms with Gasteiger partial charge in [-0.1, -0.05) is 57.9 Å². The van der Waals surface area contributed by atoms with E-state index in [1.807, 2.05) is 11.6 Å². The zero-order chi connectivity index (χ0) is 14.5. The van der Waals surface area contributed by atoms with Crippen LogP contribution in [0, 0.1) is 12.8 Å². The molecule has 1 aromatic carbocycles. The lowest BCUT2D eigenvalue weighted by molar-refractivity contribution is 0.536. The summed E-state index contributed by atoms with van der Waals surface area (Å²) in [7, 11) is 0. The Morgan fingerprint density at radius 1 is 1.25 bits per heavy atom. The number of rotatable bonds is 6. The van der Waals surface area contributed by atoms with Crippen LogP contribution in [0.25, 0.3) is 0 Å². The molecule has 2 rings (SSSR count). The quantitative estimate of drug-likeness (QED) is 0.689. The molecule has 0 amide bonds. The van der Waals surface area contributed by atoms with Crippen LogP contribution in [-0.2, 0) is 19.4 Å². The molecule has 0 spiro atoms. The number of halogens is 2. The van der Waals surface area contributed by atoms with E-state index in [1.165, 1.54) is 5.56 Å². The Balaban J connectivity index is 2.14. The molecule has 0 fully saturated rings. The molecule has 1 heterocycles. The van der Waals surface area contributed by atoms with Crippen LogP contribution in [-0.4, -0.2) is 15.1 Å². The van der Waals surface area contributed by atoms with Crippen molar-refractivity contribution in [3.8, 4) is 0 Å². The number of hydrogen-bond acceptors (Lipinski definition) is 1. The molecule has 108 valence electrons. The van der Waals surface area contributed by atoms with Crippen molar-refractivity contribution in [3.05, 3.63) is 52.3 Å². The Bertz CT molecular complexity index is 551. The van der Waals surface area contributed by atoms with Crippen molar-refractivity contribution >= 4 is 27.5 Å². The van der Waals surface area contributed by atoms with Crippen molar-refractivity contribution in [1.29, 1.82) is 0 Å². The maximum Gasteiger partial charge on any atom is 0.0847 e. The minimum atomic E-state index is 0.524. The number of nitrogens with zero attached hydrogens (tertiary/aromatic N) is 2. The summed E-state index contributed by atoms with van der Waals surface area (Å²) in [5.41, 5.74) is 3.45. The third-order valence-electron chi connectivity index (χ3n) is 3.52. The predicted octanol–water partition coefficient (Wildman–Crippen LogP) is 4.66. The minimum absolute atomic E-state index is 0.524. The van der Waals surface area contributed by atoms with Crippen molar-refractivity contribution in [2.24, 2.45) is 5.92 Å². The van der Waals surface area contributed by atoms with E-state index in [9.17, 15) is 0 Å². The van der Waals surface area contributed by atoms with Crippen molar-refractivity contribution in [2.45, 2.75) is 33.2 Å². The van der Waals surface area contributed by atoms with Crippen LogP contribution < -0.4 is 0 Å². The topological polar surface area (TPSA) is 17.8 Å². The van der Waals surface area contributed by atoms with Gasteiger partial charge in [0.25, 0.3) is 0 Å². The lowest BCUT2D eigenvalue weighted by Crippen LogP contribution is -2.14. The molecule has 1 atom stereocenters. The van der Waals surface area contributed by atoms with Gasteiger partial charge in [0, 0.05) is 11.9 Å². The maximum absolute atomic E-state index is 6.40. The van der Waals surface area contributed by atoms with Gasteiger partial charge in [-0.05, 0) is 38.2 Å². The molecular weight excluding hydrogens is 336 g/mol. The van der Waals surface area contributed by atoms with E-state index in [1.54, 1.807) is 0 Å². The Kier molecular flexibility index (Phi) is 5.67. The summed E-state index contributed by atoms with van der Waals surface area (Å²) in [6.45, 7) is 4.94. The van der Waals surface area contributed by atoms with Crippen molar-refractivity contribution in [2.75, 3.05) is 5.33 Å². The molecule has 0 saturated carbocycles. The summed E-state index contributed by atoms with van der Waals surface area (Å²) in [4.78, 5) is 0. The number of aryl methyl sites for hydroxylation is 2. The summed E-state index contributed by atoms with van der Waals surface area (Å²) < 4.78 is 2.03. The van der Waals surface area contributed by atoms with Gasteiger partial charge in [-0.25, -0.2) is 0 Å². The normalized spacial score (nSPS) is 12.6. The van der Waals surface area contributed by atoms with Crippen molar-refractivity contribution in [1.82, 2.24) is 9.78 Å². The second kappa shape index (κ2) is 7.28. The third-order valence-corrected chi connectivity index (χ3v) is 4.93. The second-order valence-corrected chi connectivity index (χ2v) is 6.10. The zero-order valence-corrected chi connectivity index (χ0v) is 14.3. The maximum atomic E-state index is 6.40. The highest BCUT2D eigenvalue weighted by atomic mass is 79.9. The van der Waals surface area contributed by atoms with Gasteiger partial charge in [-0.2, -0.15) is 5.10 Å². The predicted molar refractivity (Wildman–Crippen MR) is 88.8 cm³/mol. The Morgan fingerprint density at radius 2 is 1.95 bits per heavy atom. The smallest absolute Gasteiger partial charge is 0.0847 e. The van der Waals surface area contributed by atoms with E-state index in [0.29, 0.717) is 5.92 Å². The molecule has 2 nitrogen and oxygen atoms in total. The van der Waals surface area contributed by atoms with Gasteiger partial charge in [0.05, 0.1) is 16.4 Å². The molecule has 4 heteroatoms. The fourth-order valence-electron chi connectivity index (χ4n) is 2.47. The van der Waals surface area contributed by atoms with Crippen LogP contribution in [0.15, 0.2) is 30.3 Å². The van der Waals surface area contributed by atoms with Crippen molar-refractivity contribution < 1.29 is 0 Å². The summed E-state index contributed by atoms with van der Waals surface area (Å²) >= 11 is 10.0. The highest BCUT2D eigenvalue weighted by molar-refractivity contribution is 9.09. The summed E-state index contributed by atoms with van der Waals surface area (Å²) in [6.07, 6.45) is 2.00. The van der Waals surface area contributed by atoms with E-state index in [0.717, 1.165) is 41.1 Å². The SMILES string of the molecule is CCn1nc(C)c(Cl)c1CC(CBr)Cc1ccccc1. The first-order valence-corrected chi connectivity index (χ1v) is 8.47. The number of aromatic nitrogens is 2. The second-order valence-electron chi connectivity index (χ2n) is 5.08. The van der Waals surface area contributed by atoms with Crippen LogP contribution in [0.2, 0.25) is 5.02 Å². The fraction of sp³-hybridized carbons (Fsp3) is 0.438. The molecule has 20 heavy (non-hydrogen) atoms. The largest absolute Gasteiger partial charge is 0.268 e. The Labute approximate surface area is 134 Å². The number of benzene rings is 1. The zero-order valence-electron chi connectivity index (χ0n) is 11.9. The first kappa shape index (κ1) is 15.6. The standard InChI is InChI=1S/C16H20BrClN2/c1-3-20-15(16(18)12(2)19-20)10-14(11-17)9-13-7-5-4-6-8-13/h4-8,14H,3,9-11H2,1-2H3. The lowest BCUT2D eigenvalue weighted by Gasteiger charge is -2.15. The van der Waals surface area contributed by atoms with Gasteiger partial charge in [0.1, 0.15) is 0 Å². The Hall–Kier alpha value is -0.800. The molecule has 0 bridgehead atoms. The Morgan fingerprint density at radius 3 is 2.55 bits per heavy atom. The van der Waals surface area contributed by atoms with Crippen LogP contribution in [0.5, 0.6) is 0 Å². The van der Waals surface area contributed by atoms with Crippen LogP contribution in [0.4, 0.5) is 0 Å². The monoisotopic (exact) mass is 354 g/mol. The van der Waals surface area contributed by atoms with Gasteiger partial charge >= 0.3 is 0 Å². The van der Waals surface area contributed by atoms with E-state index in [4.69, 9.17) is 11.6 Å². The molecule has 0 aliphatic carbocycles. The number of alkyl halides is 1. The molecule has 0 saturated heterocycles. The molecule has 1 unspecified atom stereocenters. The van der Waals surface area contributed by atoms with E-state index < -0.39 is 0 Å². The van der Waals surface area contributed by atoms with E-state index in [-0.39, 0.29) is 0 Å². The van der Waals surface area contributed by atoms with Crippen LogP contribution >= 0.6 is 27.5 Å². The first-order valence-electron chi connectivity index (χ1n) is 6.97. The minimum Gasteiger partial charge on any atom is -0.268 e. The van der Waals surface area contributed by atoms with Crippen LogP contribution in [0.3, 0.4) is 0 Å². The molecule has 2 aromatic rings. The number of hydrogen-bond donors (Lipinski definition) is 0. The molecule has 1 aromatic heterocycles. The molecule has 0 aliphatic rings. The molecular formula is C16H20BrClN2. The lowest BCUT2D eigenvalue weighted by atomic mass is 9.96. The highest BCUT2D eigenvalue weighted by Gasteiger charge is 2.17. The summed E-state index contributed by atoms with van der Waals surface area (Å²) in [6, 6.07) is 10.6. The average Bonchev–Trinajstić information content (AvgIpc) is 2.75. The van der Waals surface area contributed by atoms with Gasteiger partial charge in [0.15, 0.2) is 0 Å². The summed E-state index contributed by atoms with van der Waals surface area (Å²) in [5, 5.41) is 6.28. The highest BCUT2D eigenvalue weighted by Crippen LogP contribution is 2.25. The average molecular weight is 356 g/mol. The fourth-order valence-corrected chi connectivity index (χ4v) is 3.14. The van der Waals surface area contributed by atoms with Crippen LogP contribution in [0.1, 0.15) is 23.9 Å². The van der Waals surface area contributed by atoms with Gasteiger partial charge in [-0.15, -0.1) is 0 Å². The molecule has 0 aliphatic heterocycles. The van der Waals surface area contributed by atoms with E-state index >= 15 is 0 Å². The van der Waals surface area contributed by atoms with Crippen molar-refractivity contribution in [3.63, 3.8) is 0 Å². The molecule has 0 radical (unpaired) electrons. The molecule has 0 N–H and O–H groups in total. The van der Waals surface area contributed by atoms with Gasteiger partial charge < -0.3 is 0 Å². The summed E-state index contributed by atoms with van der Waals surface area (Å²) in [5.74, 6) is 0.524. The first-order chi connectivity index (χ1) is 9.65. The van der Waals surface area contributed by atoms with Gasteiger partial charge in [0.2, 0.25) is 0 Å². The van der Waals surface area contributed by atoms with E-state index in [2.05, 4.69) is 58.3 Å². The third kappa shape index (κ3) is 3.64. The van der Waals surface area contributed by atoms with Gasteiger partial charge in [-0.3, -0.25) is 4.68 Å².